The molecule has 29 heavy (non-hydrogen) atoms. The van der Waals surface area contributed by atoms with Crippen LogP contribution >= 0.6 is 11.3 Å². The number of aromatic nitrogens is 4. The maximum atomic E-state index is 5.96. The van der Waals surface area contributed by atoms with Crippen molar-refractivity contribution in [3.8, 4) is 5.75 Å². The molecule has 0 unspecified atom stereocenters. The molecule has 0 spiro atoms. The minimum absolute atomic E-state index is 0.0240. The number of nitrogens with zero attached hydrogens (tertiary/aromatic N) is 4. The zero-order chi connectivity index (χ0) is 20.4. The molecule has 0 fully saturated rings. The van der Waals surface area contributed by atoms with Gasteiger partial charge in [0.1, 0.15) is 29.1 Å². The van der Waals surface area contributed by atoms with Crippen molar-refractivity contribution in [2.45, 2.75) is 58.7 Å². The lowest BCUT2D eigenvalue weighted by Gasteiger charge is -2.38. The summed E-state index contributed by atoms with van der Waals surface area (Å²) in [5, 5.41) is 8.25. The van der Waals surface area contributed by atoms with E-state index in [1.807, 2.05) is 31.2 Å². The predicted molar refractivity (Wildman–Crippen MR) is 114 cm³/mol. The SMILES string of the molecule is Cc1ccccc1OCc1nc2c3c4c(sc3ncn2n1)C(C)(C)[NH2+]C(C)(C)C4. The second-order valence-corrected chi connectivity index (χ2v) is 10.2. The van der Waals surface area contributed by atoms with Crippen molar-refractivity contribution in [2.24, 2.45) is 0 Å². The van der Waals surface area contributed by atoms with E-state index >= 15 is 0 Å². The van der Waals surface area contributed by atoms with Gasteiger partial charge in [0.2, 0.25) is 0 Å². The number of fused-ring (bicyclic) bond motifs is 5. The van der Waals surface area contributed by atoms with E-state index in [4.69, 9.17) is 14.7 Å². The Morgan fingerprint density at radius 2 is 2.00 bits per heavy atom. The molecule has 4 heterocycles. The van der Waals surface area contributed by atoms with Crippen molar-refractivity contribution in [2.75, 3.05) is 0 Å². The molecule has 0 saturated carbocycles. The quantitative estimate of drug-likeness (QED) is 0.564. The van der Waals surface area contributed by atoms with Crippen molar-refractivity contribution in [1.29, 1.82) is 0 Å². The molecule has 0 radical (unpaired) electrons. The molecule has 4 aromatic rings. The lowest BCUT2D eigenvalue weighted by Crippen LogP contribution is -3.03. The first-order chi connectivity index (χ1) is 13.7. The molecule has 150 valence electrons. The Bertz CT molecular complexity index is 1240. The Hall–Kier alpha value is -2.51. The van der Waals surface area contributed by atoms with Crippen LogP contribution in [0.3, 0.4) is 0 Å². The number of thiophene rings is 1. The third-order valence-electron chi connectivity index (χ3n) is 5.59. The maximum absolute atomic E-state index is 5.96. The predicted octanol–water partition coefficient (Wildman–Crippen LogP) is 3.36. The Morgan fingerprint density at radius 1 is 1.21 bits per heavy atom. The Labute approximate surface area is 173 Å². The Morgan fingerprint density at radius 3 is 2.79 bits per heavy atom. The summed E-state index contributed by atoms with van der Waals surface area (Å²) in [4.78, 5) is 12.0. The van der Waals surface area contributed by atoms with Gasteiger partial charge in [-0.15, -0.1) is 16.4 Å². The van der Waals surface area contributed by atoms with Gasteiger partial charge in [-0.05, 0) is 51.8 Å². The number of nitrogens with two attached hydrogens (primary N) is 1. The summed E-state index contributed by atoms with van der Waals surface area (Å²) in [5.74, 6) is 1.53. The van der Waals surface area contributed by atoms with Crippen LogP contribution in [-0.2, 0) is 18.6 Å². The van der Waals surface area contributed by atoms with E-state index < -0.39 is 0 Å². The first-order valence-electron chi connectivity index (χ1n) is 9.95. The Balaban J connectivity index is 1.59. The number of aryl methyl sites for hydroxylation is 1. The maximum Gasteiger partial charge on any atom is 0.189 e. The summed E-state index contributed by atoms with van der Waals surface area (Å²) in [5.41, 5.74) is 3.52. The minimum atomic E-state index is 0.0240. The lowest BCUT2D eigenvalue weighted by atomic mass is 9.82. The second kappa shape index (κ2) is 6.24. The number of benzene rings is 1. The largest absolute Gasteiger partial charge is 0.485 e. The monoisotopic (exact) mass is 408 g/mol. The molecule has 1 aromatic carbocycles. The number of hydrogen-bond donors (Lipinski definition) is 1. The summed E-state index contributed by atoms with van der Waals surface area (Å²) in [7, 11) is 0. The molecule has 5 rings (SSSR count). The molecule has 1 aliphatic heterocycles. The normalized spacial score (nSPS) is 17.6. The van der Waals surface area contributed by atoms with E-state index in [0.29, 0.717) is 12.4 Å². The molecule has 0 bridgehead atoms. The third-order valence-corrected chi connectivity index (χ3v) is 7.07. The average molecular weight is 409 g/mol. The second-order valence-electron chi connectivity index (χ2n) is 9.22. The summed E-state index contributed by atoms with van der Waals surface area (Å²) >= 11 is 1.79. The van der Waals surface area contributed by atoms with Crippen LogP contribution in [0.15, 0.2) is 30.6 Å². The zero-order valence-corrected chi connectivity index (χ0v) is 18.3. The van der Waals surface area contributed by atoms with Crippen LogP contribution in [0.2, 0.25) is 0 Å². The van der Waals surface area contributed by atoms with E-state index in [2.05, 4.69) is 38.1 Å². The average Bonchev–Trinajstić information content (AvgIpc) is 3.20. The highest BCUT2D eigenvalue weighted by molar-refractivity contribution is 7.19. The lowest BCUT2D eigenvalue weighted by molar-refractivity contribution is -0.789. The molecule has 1 aliphatic rings. The van der Waals surface area contributed by atoms with Gasteiger partial charge in [0.15, 0.2) is 11.5 Å². The van der Waals surface area contributed by atoms with Crippen molar-refractivity contribution in [1.82, 2.24) is 19.6 Å². The van der Waals surface area contributed by atoms with Crippen LogP contribution in [0, 0.1) is 6.92 Å². The number of para-hydroxylation sites is 1. The third kappa shape index (κ3) is 3.09. The van der Waals surface area contributed by atoms with Crippen LogP contribution in [0.25, 0.3) is 15.9 Å². The summed E-state index contributed by atoms with van der Waals surface area (Å²) in [6.45, 7) is 11.6. The van der Waals surface area contributed by atoms with Gasteiger partial charge in [0.05, 0.1) is 15.8 Å². The fourth-order valence-electron chi connectivity index (χ4n) is 4.66. The number of quaternary nitrogens is 1. The van der Waals surface area contributed by atoms with Crippen molar-refractivity contribution in [3.05, 3.63) is 52.4 Å². The molecule has 2 N–H and O–H groups in total. The van der Waals surface area contributed by atoms with Gasteiger partial charge in [0.25, 0.3) is 0 Å². The smallest absolute Gasteiger partial charge is 0.189 e. The minimum Gasteiger partial charge on any atom is -0.485 e. The van der Waals surface area contributed by atoms with Gasteiger partial charge in [-0.25, -0.2) is 14.5 Å². The van der Waals surface area contributed by atoms with Gasteiger partial charge in [-0.2, -0.15) is 0 Å². The summed E-state index contributed by atoms with van der Waals surface area (Å²) in [6, 6.07) is 8.00. The van der Waals surface area contributed by atoms with Gasteiger partial charge in [0, 0.05) is 6.42 Å². The first-order valence-corrected chi connectivity index (χ1v) is 10.8. The highest BCUT2D eigenvalue weighted by atomic mass is 32.1. The van der Waals surface area contributed by atoms with E-state index in [1.54, 1.807) is 22.2 Å². The molecular weight excluding hydrogens is 382 g/mol. The molecule has 7 heteroatoms. The Kier molecular flexibility index (Phi) is 3.98. The van der Waals surface area contributed by atoms with Crippen LogP contribution in [0.4, 0.5) is 0 Å². The summed E-state index contributed by atoms with van der Waals surface area (Å²) < 4.78 is 7.76. The molecule has 0 aliphatic carbocycles. The van der Waals surface area contributed by atoms with E-state index in [0.717, 1.165) is 33.6 Å². The molecule has 0 amide bonds. The zero-order valence-electron chi connectivity index (χ0n) is 17.5. The van der Waals surface area contributed by atoms with Crippen molar-refractivity contribution >= 4 is 27.2 Å². The van der Waals surface area contributed by atoms with Gasteiger partial charge < -0.3 is 10.1 Å². The molecule has 3 aromatic heterocycles. The number of hydrogen-bond acceptors (Lipinski definition) is 5. The molecular formula is C22H26N5OS+. The number of ether oxygens (including phenoxy) is 1. The van der Waals surface area contributed by atoms with Crippen LogP contribution in [0.5, 0.6) is 5.75 Å². The summed E-state index contributed by atoms with van der Waals surface area (Å²) in [6.07, 6.45) is 2.76. The fraction of sp³-hybridized carbons (Fsp3) is 0.409. The molecule has 0 atom stereocenters. The van der Waals surface area contributed by atoms with Crippen molar-refractivity contribution < 1.29 is 10.1 Å². The van der Waals surface area contributed by atoms with E-state index in [1.165, 1.54) is 10.4 Å². The van der Waals surface area contributed by atoms with Crippen molar-refractivity contribution in [3.63, 3.8) is 0 Å². The van der Waals surface area contributed by atoms with Crippen LogP contribution in [-0.4, -0.2) is 25.1 Å². The molecule has 6 nitrogen and oxygen atoms in total. The van der Waals surface area contributed by atoms with Crippen LogP contribution < -0.4 is 10.1 Å². The standard InChI is InChI=1S/C22H25N5OS/c1-13-8-6-7-9-15(13)28-11-16-24-19-17-14-10-21(2,3)26-22(4,5)18(14)29-20(17)23-12-27(19)25-16/h6-9,12,26H,10-11H2,1-5H3/p+1. The topological polar surface area (TPSA) is 68.9 Å². The van der Waals surface area contributed by atoms with Crippen LogP contribution in [0.1, 0.15) is 49.5 Å². The van der Waals surface area contributed by atoms with E-state index in [9.17, 15) is 0 Å². The highest BCUT2D eigenvalue weighted by Crippen LogP contribution is 2.41. The molecule has 0 saturated heterocycles. The van der Waals surface area contributed by atoms with E-state index in [-0.39, 0.29) is 11.1 Å². The van der Waals surface area contributed by atoms with Gasteiger partial charge in [-0.1, -0.05) is 18.2 Å². The first kappa shape index (κ1) is 18.5. The fourth-order valence-corrected chi connectivity index (χ4v) is 5.89. The van der Waals surface area contributed by atoms with Gasteiger partial charge in [-0.3, -0.25) is 0 Å². The van der Waals surface area contributed by atoms with Gasteiger partial charge >= 0.3 is 0 Å². The highest BCUT2D eigenvalue weighted by Gasteiger charge is 2.43. The number of rotatable bonds is 3.